The number of hydrogen-bond acceptors (Lipinski definition) is 6. The van der Waals surface area contributed by atoms with Crippen molar-refractivity contribution in [2.24, 2.45) is 0 Å². The van der Waals surface area contributed by atoms with Crippen molar-refractivity contribution in [1.82, 2.24) is 14.5 Å². The fourth-order valence-electron chi connectivity index (χ4n) is 4.20. The molecule has 4 rings (SSSR count). The van der Waals surface area contributed by atoms with E-state index in [2.05, 4.69) is 11.9 Å². The molecule has 0 N–H and O–H groups in total. The number of ether oxygens (including phenoxy) is 2. The first-order valence-corrected chi connectivity index (χ1v) is 11.7. The third-order valence-corrected chi connectivity index (χ3v) is 6.95. The summed E-state index contributed by atoms with van der Waals surface area (Å²) >= 11 is 1.64. The van der Waals surface area contributed by atoms with Gasteiger partial charge in [-0.25, -0.2) is 4.98 Å². The molecule has 0 spiro atoms. The van der Waals surface area contributed by atoms with Gasteiger partial charge in [0.15, 0.2) is 16.7 Å². The van der Waals surface area contributed by atoms with E-state index in [-0.39, 0.29) is 5.56 Å². The first kappa shape index (κ1) is 21.7. The number of piperidine rings is 1. The number of benzene rings is 2. The highest BCUT2D eigenvalue weighted by Crippen LogP contribution is 2.31. The lowest BCUT2D eigenvalue weighted by Crippen LogP contribution is -2.36. The summed E-state index contributed by atoms with van der Waals surface area (Å²) in [6.45, 7) is 1.17. The largest absolute Gasteiger partial charge is 0.493 e. The zero-order valence-corrected chi connectivity index (χ0v) is 19.2. The minimum absolute atomic E-state index is 0.0740. The number of thioether (sulfide) groups is 1. The number of methoxy groups -OCH3 is 2. The van der Waals surface area contributed by atoms with Crippen molar-refractivity contribution in [1.29, 1.82) is 0 Å². The molecule has 0 saturated carbocycles. The van der Waals surface area contributed by atoms with E-state index in [1.165, 1.54) is 25.8 Å². The third-order valence-electron chi connectivity index (χ3n) is 5.97. The van der Waals surface area contributed by atoms with Gasteiger partial charge in [-0.3, -0.25) is 9.36 Å². The molecule has 1 aliphatic rings. The zero-order valence-electron chi connectivity index (χ0n) is 18.3. The van der Waals surface area contributed by atoms with Gasteiger partial charge in [0.2, 0.25) is 0 Å². The molecule has 1 saturated heterocycles. The minimum atomic E-state index is -0.0740. The quantitative estimate of drug-likeness (QED) is 0.403. The second kappa shape index (κ2) is 9.75. The molecule has 2 aromatic carbocycles. The molecule has 0 amide bonds. The monoisotopic (exact) mass is 439 g/mol. The molecule has 1 aromatic heterocycles. The van der Waals surface area contributed by atoms with Crippen LogP contribution in [0, 0.1) is 0 Å². The van der Waals surface area contributed by atoms with Crippen LogP contribution in [0.5, 0.6) is 11.5 Å². The van der Waals surface area contributed by atoms with Gasteiger partial charge in [0, 0.05) is 17.9 Å². The third kappa shape index (κ3) is 4.57. The van der Waals surface area contributed by atoms with E-state index in [1.807, 2.05) is 42.5 Å². The van der Waals surface area contributed by atoms with Crippen molar-refractivity contribution in [2.75, 3.05) is 33.6 Å². The van der Waals surface area contributed by atoms with Crippen LogP contribution in [0.3, 0.4) is 0 Å². The van der Waals surface area contributed by atoms with E-state index in [1.54, 1.807) is 30.5 Å². The van der Waals surface area contributed by atoms with E-state index in [0.29, 0.717) is 28.1 Å². The molecular weight excluding hydrogens is 410 g/mol. The standard InChI is InChI=1S/C24H29N3O3S/c1-26-14-7-6-8-17(26)13-15-31-24-25-20-10-5-4-9-19(20)23(28)27(24)18-11-12-21(29-2)22(16-18)30-3/h4-5,9-12,16-17H,6-8,13-15H2,1-3H3/t17-/m0/s1. The molecule has 7 heteroatoms. The van der Waals surface area contributed by atoms with Crippen LogP contribution < -0.4 is 15.0 Å². The Bertz CT molecular complexity index is 1110. The molecule has 164 valence electrons. The lowest BCUT2D eigenvalue weighted by molar-refractivity contribution is 0.182. The van der Waals surface area contributed by atoms with Crippen LogP contribution in [-0.2, 0) is 0 Å². The van der Waals surface area contributed by atoms with Crippen LogP contribution in [0.4, 0.5) is 0 Å². The SMILES string of the molecule is COc1ccc(-n2c(SCC[C@@H]3CCCCN3C)nc3ccccc3c2=O)cc1OC. The molecule has 3 aromatic rings. The average Bonchev–Trinajstić information content (AvgIpc) is 2.80. The first-order valence-electron chi connectivity index (χ1n) is 10.7. The number of aromatic nitrogens is 2. The molecule has 31 heavy (non-hydrogen) atoms. The number of para-hydroxylation sites is 1. The van der Waals surface area contributed by atoms with E-state index in [4.69, 9.17) is 14.5 Å². The maximum Gasteiger partial charge on any atom is 0.266 e. The van der Waals surface area contributed by atoms with Gasteiger partial charge in [0.05, 0.1) is 30.8 Å². The van der Waals surface area contributed by atoms with E-state index in [0.717, 1.165) is 23.4 Å². The number of rotatable bonds is 7. The Hall–Kier alpha value is -2.51. The second-order valence-corrected chi connectivity index (χ2v) is 8.92. The van der Waals surface area contributed by atoms with Gasteiger partial charge in [-0.2, -0.15) is 0 Å². The molecule has 6 nitrogen and oxygen atoms in total. The van der Waals surface area contributed by atoms with Crippen LogP contribution >= 0.6 is 11.8 Å². The molecule has 0 aliphatic carbocycles. The van der Waals surface area contributed by atoms with Gasteiger partial charge >= 0.3 is 0 Å². The number of hydrogen-bond donors (Lipinski definition) is 0. The van der Waals surface area contributed by atoms with Gasteiger partial charge in [-0.1, -0.05) is 30.3 Å². The molecule has 0 bridgehead atoms. The van der Waals surface area contributed by atoms with E-state index >= 15 is 0 Å². The molecule has 2 heterocycles. The van der Waals surface area contributed by atoms with Crippen molar-refractivity contribution >= 4 is 22.7 Å². The average molecular weight is 440 g/mol. The molecule has 0 unspecified atom stereocenters. The molecular formula is C24H29N3O3S. The van der Waals surface area contributed by atoms with Gasteiger partial charge in [0.1, 0.15) is 0 Å². The Morgan fingerprint density at radius 1 is 1.10 bits per heavy atom. The first-order chi connectivity index (χ1) is 15.1. The van der Waals surface area contributed by atoms with Crippen LogP contribution in [-0.4, -0.2) is 54.1 Å². The Labute approximate surface area is 187 Å². The fourth-order valence-corrected chi connectivity index (χ4v) is 5.25. The highest BCUT2D eigenvalue weighted by Gasteiger charge is 2.20. The second-order valence-electron chi connectivity index (χ2n) is 7.86. The van der Waals surface area contributed by atoms with E-state index < -0.39 is 0 Å². The van der Waals surface area contributed by atoms with E-state index in [9.17, 15) is 4.79 Å². The summed E-state index contributed by atoms with van der Waals surface area (Å²) in [7, 11) is 5.41. The normalized spacial score (nSPS) is 17.1. The topological polar surface area (TPSA) is 56.6 Å². The molecule has 1 aliphatic heterocycles. The fraction of sp³-hybridized carbons (Fsp3) is 0.417. The Morgan fingerprint density at radius 3 is 2.68 bits per heavy atom. The highest BCUT2D eigenvalue weighted by molar-refractivity contribution is 7.99. The predicted octanol–water partition coefficient (Wildman–Crippen LogP) is 4.37. The summed E-state index contributed by atoms with van der Waals surface area (Å²) < 4.78 is 12.5. The highest BCUT2D eigenvalue weighted by atomic mass is 32.2. The number of fused-ring (bicyclic) bond motifs is 1. The molecule has 0 radical (unpaired) electrons. The van der Waals surface area contributed by atoms with Gasteiger partial charge in [-0.15, -0.1) is 0 Å². The maximum absolute atomic E-state index is 13.5. The molecule has 1 fully saturated rings. The lowest BCUT2D eigenvalue weighted by atomic mass is 10.0. The van der Waals surface area contributed by atoms with Crippen LogP contribution in [0.15, 0.2) is 52.4 Å². The van der Waals surface area contributed by atoms with Crippen molar-refractivity contribution in [3.63, 3.8) is 0 Å². The van der Waals surface area contributed by atoms with Crippen molar-refractivity contribution in [2.45, 2.75) is 36.9 Å². The summed E-state index contributed by atoms with van der Waals surface area (Å²) in [4.78, 5) is 20.8. The Balaban J connectivity index is 1.71. The van der Waals surface area contributed by atoms with Crippen LogP contribution in [0.2, 0.25) is 0 Å². The Kier molecular flexibility index (Phi) is 6.83. The summed E-state index contributed by atoms with van der Waals surface area (Å²) in [5.74, 6) is 2.12. The summed E-state index contributed by atoms with van der Waals surface area (Å²) in [6, 6.07) is 13.6. The number of nitrogens with zero attached hydrogens (tertiary/aromatic N) is 3. The predicted molar refractivity (Wildman–Crippen MR) is 126 cm³/mol. The van der Waals surface area contributed by atoms with Crippen molar-refractivity contribution in [3.05, 3.63) is 52.8 Å². The van der Waals surface area contributed by atoms with Crippen LogP contribution in [0.1, 0.15) is 25.7 Å². The van der Waals surface area contributed by atoms with Crippen molar-refractivity contribution < 1.29 is 9.47 Å². The smallest absolute Gasteiger partial charge is 0.266 e. The summed E-state index contributed by atoms with van der Waals surface area (Å²) in [6.07, 6.45) is 4.90. The summed E-state index contributed by atoms with van der Waals surface area (Å²) in [5.41, 5.74) is 1.37. The van der Waals surface area contributed by atoms with Crippen molar-refractivity contribution in [3.8, 4) is 17.2 Å². The summed E-state index contributed by atoms with van der Waals surface area (Å²) in [5, 5.41) is 1.31. The Morgan fingerprint density at radius 2 is 1.90 bits per heavy atom. The number of likely N-dealkylation sites (tertiary alicyclic amines) is 1. The maximum atomic E-state index is 13.5. The van der Waals surface area contributed by atoms with Gasteiger partial charge < -0.3 is 14.4 Å². The van der Waals surface area contributed by atoms with Gasteiger partial charge in [0.25, 0.3) is 5.56 Å². The lowest BCUT2D eigenvalue weighted by Gasteiger charge is -2.32. The van der Waals surface area contributed by atoms with Crippen LogP contribution in [0.25, 0.3) is 16.6 Å². The van der Waals surface area contributed by atoms with Gasteiger partial charge in [-0.05, 0) is 57.1 Å². The minimum Gasteiger partial charge on any atom is -0.493 e. The molecule has 1 atom stereocenters. The zero-order chi connectivity index (χ0) is 21.8.